The topological polar surface area (TPSA) is 44.5 Å². The van der Waals surface area contributed by atoms with E-state index in [1.54, 1.807) is 13.4 Å². The molecule has 1 aromatic heterocycles. The first-order valence-electron chi connectivity index (χ1n) is 5.39. The van der Waals surface area contributed by atoms with E-state index < -0.39 is 0 Å². The molecule has 15 heavy (non-hydrogen) atoms. The molecule has 0 saturated heterocycles. The Morgan fingerprint density at radius 2 is 2.00 bits per heavy atom. The molecule has 0 bridgehead atoms. The van der Waals surface area contributed by atoms with Crippen LogP contribution in [0.1, 0.15) is 31.4 Å². The summed E-state index contributed by atoms with van der Waals surface area (Å²) in [7, 11) is 1.74. The number of unbranched alkanes of at least 4 members (excludes halogenated alkanes) is 3. The van der Waals surface area contributed by atoms with Crippen LogP contribution in [0.3, 0.4) is 0 Å². The van der Waals surface area contributed by atoms with Crippen molar-refractivity contribution in [1.82, 2.24) is 5.16 Å². The normalized spacial score (nSPS) is 10.7. The van der Waals surface area contributed by atoms with Gasteiger partial charge in [0.15, 0.2) is 0 Å². The zero-order chi connectivity index (χ0) is 10.8. The SMILES string of the molecule is COCCCCCCOCc1ccon1. The van der Waals surface area contributed by atoms with Gasteiger partial charge in [0.2, 0.25) is 0 Å². The number of ether oxygens (including phenoxy) is 2. The van der Waals surface area contributed by atoms with Crippen LogP contribution in [-0.2, 0) is 16.1 Å². The van der Waals surface area contributed by atoms with Gasteiger partial charge in [-0.05, 0) is 12.8 Å². The van der Waals surface area contributed by atoms with Crippen LogP contribution >= 0.6 is 0 Å². The summed E-state index contributed by atoms with van der Waals surface area (Å²) in [5.74, 6) is 0. The fourth-order valence-electron chi connectivity index (χ4n) is 1.29. The highest BCUT2D eigenvalue weighted by Gasteiger charge is 1.96. The first kappa shape index (κ1) is 12.2. The molecule has 1 rings (SSSR count). The molecule has 0 fully saturated rings. The van der Waals surface area contributed by atoms with E-state index in [4.69, 9.17) is 14.0 Å². The predicted octanol–water partition coefficient (Wildman–Crippen LogP) is 2.40. The monoisotopic (exact) mass is 213 g/mol. The first-order chi connectivity index (χ1) is 7.43. The molecule has 0 radical (unpaired) electrons. The summed E-state index contributed by atoms with van der Waals surface area (Å²) in [6.45, 7) is 2.20. The van der Waals surface area contributed by atoms with Gasteiger partial charge in [0, 0.05) is 26.4 Å². The lowest BCUT2D eigenvalue weighted by molar-refractivity contribution is 0.111. The van der Waals surface area contributed by atoms with Crippen LogP contribution in [0.2, 0.25) is 0 Å². The zero-order valence-corrected chi connectivity index (χ0v) is 9.28. The molecule has 0 aliphatic heterocycles. The van der Waals surface area contributed by atoms with E-state index in [1.807, 2.05) is 6.07 Å². The number of nitrogens with zero attached hydrogens (tertiary/aromatic N) is 1. The van der Waals surface area contributed by atoms with Gasteiger partial charge < -0.3 is 14.0 Å². The van der Waals surface area contributed by atoms with Crippen molar-refractivity contribution in [1.29, 1.82) is 0 Å². The van der Waals surface area contributed by atoms with Crippen LogP contribution in [0.5, 0.6) is 0 Å². The molecule has 4 nitrogen and oxygen atoms in total. The Labute approximate surface area is 90.5 Å². The minimum absolute atomic E-state index is 0.550. The van der Waals surface area contributed by atoms with Crippen molar-refractivity contribution in [3.05, 3.63) is 18.0 Å². The van der Waals surface area contributed by atoms with Crippen LogP contribution < -0.4 is 0 Å². The van der Waals surface area contributed by atoms with E-state index in [2.05, 4.69) is 5.16 Å². The summed E-state index contributed by atoms with van der Waals surface area (Å²) in [6.07, 6.45) is 6.20. The largest absolute Gasteiger partial charge is 0.385 e. The van der Waals surface area contributed by atoms with Crippen LogP contribution in [0.25, 0.3) is 0 Å². The van der Waals surface area contributed by atoms with E-state index in [0.29, 0.717) is 6.61 Å². The molecule has 0 unspecified atom stereocenters. The Kier molecular flexibility index (Phi) is 6.86. The van der Waals surface area contributed by atoms with Crippen molar-refractivity contribution in [2.75, 3.05) is 20.3 Å². The fourth-order valence-corrected chi connectivity index (χ4v) is 1.29. The third-order valence-electron chi connectivity index (χ3n) is 2.13. The van der Waals surface area contributed by atoms with Crippen molar-refractivity contribution in [3.8, 4) is 0 Å². The molecule has 0 spiro atoms. The van der Waals surface area contributed by atoms with Crippen molar-refractivity contribution in [2.24, 2.45) is 0 Å². The molecule has 0 aromatic carbocycles. The summed E-state index contributed by atoms with van der Waals surface area (Å²) in [6, 6.07) is 1.82. The molecule has 0 aliphatic carbocycles. The average molecular weight is 213 g/mol. The van der Waals surface area contributed by atoms with Gasteiger partial charge in [0.05, 0.1) is 6.61 Å². The summed E-state index contributed by atoms with van der Waals surface area (Å²) >= 11 is 0. The number of methoxy groups -OCH3 is 1. The number of hydrogen-bond acceptors (Lipinski definition) is 4. The molecular formula is C11H19NO3. The summed E-state index contributed by atoms with van der Waals surface area (Å²) in [5, 5.41) is 3.76. The lowest BCUT2D eigenvalue weighted by atomic mass is 10.2. The minimum atomic E-state index is 0.550. The van der Waals surface area contributed by atoms with E-state index in [0.717, 1.165) is 31.7 Å². The van der Waals surface area contributed by atoms with Gasteiger partial charge in [-0.1, -0.05) is 18.0 Å². The highest BCUT2D eigenvalue weighted by molar-refractivity contribution is 4.92. The van der Waals surface area contributed by atoms with Crippen molar-refractivity contribution in [2.45, 2.75) is 32.3 Å². The van der Waals surface area contributed by atoms with E-state index in [-0.39, 0.29) is 0 Å². The Balaban J connectivity index is 1.81. The second-order valence-electron chi connectivity index (χ2n) is 3.45. The van der Waals surface area contributed by atoms with Gasteiger partial charge >= 0.3 is 0 Å². The molecule has 0 amide bonds. The van der Waals surface area contributed by atoms with Crippen molar-refractivity contribution < 1.29 is 14.0 Å². The van der Waals surface area contributed by atoms with Crippen LogP contribution in [0.4, 0.5) is 0 Å². The van der Waals surface area contributed by atoms with E-state index in [1.165, 1.54) is 12.8 Å². The zero-order valence-electron chi connectivity index (χ0n) is 9.28. The maximum absolute atomic E-state index is 5.43. The maximum Gasteiger partial charge on any atom is 0.124 e. The van der Waals surface area contributed by atoms with Gasteiger partial charge in [-0.2, -0.15) is 0 Å². The lowest BCUT2D eigenvalue weighted by Crippen LogP contribution is -1.96. The molecular weight excluding hydrogens is 194 g/mol. The molecule has 86 valence electrons. The Bertz CT molecular complexity index is 224. The number of hydrogen-bond donors (Lipinski definition) is 0. The Morgan fingerprint density at radius 3 is 2.67 bits per heavy atom. The standard InChI is InChI=1S/C11H19NO3/c1-13-7-4-2-3-5-8-14-10-11-6-9-15-12-11/h6,9H,2-5,7-8,10H2,1H3. The second kappa shape index (κ2) is 8.44. The predicted molar refractivity (Wildman–Crippen MR) is 56.5 cm³/mol. The van der Waals surface area contributed by atoms with Crippen LogP contribution in [0, 0.1) is 0 Å². The van der Waals surface area contributed by atoms with Crippen LogP contribution in [0.15, 0.2) is 16.9 Å². The molecule has 0 N–H and O–H groups in total. The Hall–Kier alpha value is -0.870. The summed E-state index contributed by atoms with van der Waals surface area (Å²) in [4.78, 5) is 0. The molecule has 0 saturated carbocycles. The minimum Gasteiger partial charge on any atom is -0.385 e. The molecule has 0 atom stereocenters. The van der Waals surface area contributed by atoms with E-state index in [9.17, 15) is 0 Å². The number of aromatic nitrogens is 1. The maximum atomic E-state index is 5.43. The first-order valence-corrected chi connectivity index (χ1v) is 5.39. The smallest absolute Gasteiger partial charge is 0.124 e. The third-order valence-corrected chi connectivity index (χ3v) is 2.13. The van der Waals surface area contributed by atoms with Gasteiger partial charge in [-0.3, -0.25) is 0 Å². The summed E-state index contributed by atoms with van der Waals surface area (Å²) < 4.78 is 15.1. The van der Waals surface area contributed by atoms with Crippen molar-refractivity contribution in [3.63, 3.8) is 0 Å². The van der Waals surface area contributed by atoms with Gasteiger partial charge in [-0.25, -0.2) is 0 Å². The van der Waals surface area contributed by atoms with Gasteiger partial charge in [0.25, 0.3) is 0 Å². The van der Waals surface area contributed by atoms with Gasteiger partial charge in [-0.15, -0.1) is 0 Å². The molecule has 1 heterocycles. The highest BCUT2D eigenvalue weighted by atomic mass is 16.5. The third kappa shape index (κ3) is 6.25. The van der Waals surface area contributed by atoms with Crippen LogP contribution in [-0.4, -0.2) is 25.5 Å². The highest BCUT2D eigenvalue weighted by Crippen LogP contribution is 2.02. The molecule has 0 aliphatic rings. The average Bonchev–Trinajstić information content (AvgIpc) is 2.75. The second-order valence-corrected chi connectivity index (χ2v) is 3.45. The van der Waals surface area contributed by atoms with E-state index >= 15 is 0 Å². The molecule has 1 aromatic rings. The van der Waals surface area contributed by atoms with Crippen molar-refractivity contribution >= 4 is 0 Å². The van der Waals surface area contributed by atoms with Gasteiger partial charge in [0.1, 0.15) is 12.0 Å². The summed E-state index contributed by atoms with van der Waals surface area (Å²) in [5.41, 5.74) is 0.856. The Morgan fingerprint density at radius 1 is 1.20 bits per heavy atom. The lowest BCUT2D eigenvalue weighted by Gasteiger charge is -2.02. The number of rotatable bonds is 9. The molecule has 4 heteroatoms. The fraction of sp³-hybridized carbons (Fsp3) is 0.727. The quantitative estimate of drug-likeness (QED) is 0.591.